The van der Waals surface area contributed by atoms with Crippen molar-refractivity contribution < 1.29 is 33.3 Å². The Labute approximate surface area is 249 Å². The number of thioether (sulfide) groups is 1. The van der Waals surface area contributed by atoms with Crippen LogP contribution in [-0.2, 0) is 18.9 Å². The molecule has 4 atom stereocenters. The summed E-state index contributed by atoms with van der Waals surface area (Å²) in [6.45, 7) is -0.413. The van der Waals surface area contributed by atoms with Gasteiger partial charge in [0.05, 0.1) is 21.6 Å². The highest BCUT2D eigenvalue weighted by Crippen LogP contribution is 2.35. The van der Waals surface area contributed by atoms with E-state index in [2.05, 4.69) is 4.98 Å². The Balaban J connectivity index is 1.53. The molecule has 4 aromatic rings. The van der Waals surface area contributed by atoms with E-state index < -0.39 is 60.3 Å². The Bertz CT molecular complexity index is 1710. The third-order valence-corrected chi connectivity index (χ3v) is 7.34. The van der Waals surface area contributed by atoms with Crippen LogP contribution in [0.5, 0.6) is 0 Å². The summed E-state index contributed by atoms with van der Waals surface area (Å²) in [4.78, 5) is 66.9. The van der Waals surface area contributed by atoms with Crippen LogP contribution in [0.3, 0.4) is 0 Å². The molecule has 0 amide bonds. The Morgan fingerprint density at radius 3 is 1.77 bits per heavy atom. The van der Waals surface area contributed by atoms with Crippen molar-refractivity contribution in [2.24, 2.45) is 0 Å². The van der Waals surface area contributed by atoms with Gasteiger partial charge in [0.1, 0.15) is 12.7 Å². The van der Waals surface area contributed by atoms with E-state index in [4.69, 9.17) is 18.9 Å². The van der Waals surface area contributed by atoms with Crippen LogP contribution in [-0.4, -0.2) is 58.6 Å². The zero-order valence-corrected chi connectivity index (χ0v) is 23.6. The van der Waals surface area contributed by atoms with Gasteiger partial charge in [0.15, 0.2) is 18.4 Å². The fourth-order valence-electron chi connectivity index (χ4n) is 4.48. The molecule has 43 heavy (non-hydrogen) atoms. The summed E-state index contributed by atoms with van der Waals surface area (Å²) in [5.74, 6) is -2.19. The number of nitrogens with one attached hydrogen (secondary N) is 1. The van der Waals surface area contributed by atoms with Crippen molar-refractivity contribution in [1.29, 1.82) is 0 Å². The lowest BCUT2D eigenvalue weighted by atomic mass is 10.1. The number of aromatic nitrogens is 2. The van der Waals surface area contributed by atoms with Gasteiger partial charge in [0.2, 0.25) is 0 Å². The summed E-state index contributed by atoms with van der Waals surface area (Å²) in [5.41, 5.74) is -0.756. The van der Waals surface area contributed by atoms with Crippen LogP contribution in [0.15, 0.2) is 112 Å². The van der Waals surface area contributed by atoms with E-state index in [0.29, 0.717) is 0 Å². The van der Waals surface area contributed by atoms with E-state index in [9.17, 15) is 24.0 Å². The third kappa shape index (κ3) is 6.76. The quantitative estimate of drug-likeness (QED) is 0.172. The number of aromatic amines is 1. The van der Waals surface area contributed by atoms with Crippen LogP contribution in [0.2, 0.25) is 0 Å². The van der Waals surface area contributed by atoms with Crippen molar-refractivity contribution >= 4 is 29.7 Å². The standard InChI is InChI=1S/C31H26N2O9S/c1-43-23-17-33(31(38)32-26(23)34)27-25(42-30(37)21-15-9-4-10-16-21)24(41-29(36)20-13-7-3-8-14-20)22(40-27)18-39-28(35)19-11-5-2-6-12-19/h2-17,22,24-25,27H,18H2,1H3,(H,32,34,38)/t22-,24-,25-,27+/m1/s1. The molecule has 0 saturated carbocycles. The van der Waals surface area contributed by atoms with E-state index in [1.807, 2.05) is 0 Å². The fourth-order valence-corrected chi connectivity index (χ4v) is 4.94. The molecule has 1 fully saturated rings. The fraction of sp³-hybridized carbons (Fsp3) is 0.194. The van der Waals surface area contributed by atoms with E-state index in [0.717, 1.165) is 16.3 Å². The average Bonchev–Trinajstić information content (AvgIpc) is 3.36. The lowest BCUT2D eigenvalue weighted by Crippen LogP contribution is -2.43. The zero-order valence-electron chi connectivity index (χ0n) is 22.8. The first kappa shape index (κ1) is 29.5. The van der Waals surface area contributed by atoms with Crippen molar-refractivity contribution in [2.45, 2.75) is 29.4 Å². The van der Waals surface area contributed by atoms with Gasteiger partial charge in [-0.25, -0.2) is 19.2 Å². The SMILES string of the molecule is CSc1cn([C@H]2O[C@H](COC(=O)c3ccccc3)[C@@H](OC(=O)c3ccccc3)[C@H]2OC(=O)c2ccccc2)c(=O)[nH]c1=O. The number of hydrogen-bond donors (Lipinski definition) is 1. The van der Waals surface area contributed by atoms with Crippen molar-refractivity contribution in [3.8, 4) is 0 Å². The Morgan fingerprint density at radius 2 is 1.26 bits per heavy atom. The van der Waals surface area contributed by atoms with Crippen molar-refractivity contribution in [2.75, 3.05) is 12.9 Å². The highest BCUT2D eigenvalue weighted by molar-refractivity contribution is 7.98. The molecule has 2 heterocycles. The Hall–Kier alpha value is -4.94. The molecule has 1 saturated heterocycles. The van der Waals surface area contributed by atoms with Crippen LogP contribution in [0.25, 0.3) is 0 Å². The normalized spacial score (nSPS) is 19.4. The second-order valence-electron chi connectivity index (χ2n) is 9.37. The molecule has 1 aliphatic heterocycles. The van der Waals surface area contributed by atoms with Crippen molar-refractivity contribution in [3.63, 3.8) is 0 Å². The van der Waals surface area contributed by atoms with Crippen molar-refractivity contribution in [3.05, 3.63) is 135 Å². The van der Waals surface area contributed by atoms with Gasteiger partial charge < -0.3 is 18.9 Å². The molecule has 0 spiro atoms. The average molecular weight is 603 g/mol. The Kier molecular flexibility index (Phi) is 9.18. The molecule has 0 aliphatic carbocycles. The molecule has 220 valence electrons. The molecule has 0 bridgehead atoms. The van der Waals surface area contributed by atoms with Gasteiger partial charge in [-0.1, -0.05) is 54.6 Å². The number of carbonyl (C=O) groups is 3. The second-order valence-corrected chi connectivity index (χ2v) is 10.2. The number of carbonyl (C=O) groups excluding carboxylic acids is 3. The summed E-state index contributed by atoms with van der Waals surface area (Å²) in [6.07, 6.45) is -2.33. The molecule has 11 nitrogen and oxygen atoms in total. The van der Waals surface area contributed by atoms with Gasteiger partial charge in [-0.3, -0.25) is 14.3 Å². The third-order valence-electron chi connectivity index (χ3n) is 6.61. The maximum Gasteiger partial charge on any atom is 0.338 e. The molecule has 12 heteroatoms. The van der Waals surface area contributed by atoms with Gasteiger partial charge in [0.25, 0.3) is 5.56 Å². The van der Waals surface area contributed by atoms with Crippen LogP contribution in [0.1, 0.15) is 37.3 Å². The molecule has 0 radical (unpaired) electrons. The number of nitrogens with zero attached hydrogens (tertiary/aromatic N) is 1. The van der Waals surface area contributed by atoms with E-state index >= 15 is 0 Å². The van der Waals surface area contributed by atoms with Crippen LogP contribution < -0.4 is 11.2 Å². The number of benzene rings is 3. The smallest absolute Gasteiger partial charge is 0.338 e. The van der Waals surface area contributed by atoms with E-state index in [1.54, 1.807) is 85.1 Å². The van der Waals surface area contributed by atoms with E-state index in [1.165, 1.54) is 18.3 Å². The van der Waals surface area contributed by atoms with Crippen LogP contribution in [0.4, 0.5) is 0 Å². The minimum Gasteiger partial charge on any atom is -0.459 e. The minimum atomic E-state index is -1.39. The van der Waals surface area contributed by atoms with Gasteiger partial charge in [0, 0.05) is 6.20 Å². The van der Waals surface area contributed by atoms with Crippen LogP contribution in [0, 0.1) is 0 Å². The Morgan fingerprint density at radius 1 is 0.767 bits per heavy atom. The first-order valence-corrected chi connectivity index (χ1v) is 14.4. The summed E-state index contributed by atoms with van der Waals surface area (Å²) >= 11 is 1.09. The second kappa shape index (κ2) is 13.4. The summed E-state index contributed by atoms with van der Waals surface area (Å²) in [7, 11) is 0. The maximum atomic E-state index is 13.2. The van der Waals surface area contributed by atoms with Gasteiger partial charge in [-0.2, -0.15) is 0 Å². The minimum absolute atomic E-state index is 0.188. The molecular weight excluding hydrogens is 576 g/mol. The number of hydrogen-bond acceptors (Lipinski definition) is 10. The molecule has 3 aromatic carbocycles. The molecule has 1 N–H and O–H groups in total. The van der Waals surface area contributed by atoms with Gasteiger partial charge in [-0.15, -0.1) is 11.8 Å². The highest BCUT2D eigenvalue weighted by atomic mass is 32.2. The molecule has 1 aromatic heterocycles. The van der Waals surface area contributed by atoms with E-state index in [-0.39, 0.29) is 21.6 Å². The summed E-state index contributed by atoms with van der Waals surface area (Å²) in [5, 5.41) is 0. The summed E-state index contributed by atoms with van der Waals surface area (Å²) < 4.78 is 24.4. The lowest BCUT2D eigenvalue weighted by molar-refractivity contribution is -0.0643. The predicted molar refractivity (Wildman–Crippen MR) is 155 cm³/mol. The monoisotopic (exact) mass is 602 g/mol. The predicted octanol–water partition coefficient (Wildman–Crippen LogP) is 3.46. The largest absolute Gasteiger partial charge is 0.459 e. The number of rotatable bonds is 9. The van der Waals surface area contributed by atoms with Gasteiger partial charge >= 0.3 is 23.6 Å². The molecule has 0 unspecified atom stereocenters. The first-order valence-electron chi connectivity index (χ1n) is 13.1. The lowest BCUT2D eigenvalue weighted by Gasteiger charge is -2.25. The first-order chi connectivity index (χ1) is 20.9. The molecule has 1 aliphatic rings. The number of ether oxygens (including phenoxy) is 4. The zero-order chi connectivity index (χ0) is 30.3. The molecular formula is C31H26N2O9S. The number of H-pyrrole nitrogens is 1. The topological polar surface area (TPSA) is 143 Å². The summed E-state index contributed by atoms with van der Waals surface area (Å²) in [6, 6.07) is 24.5. The van der Waals surface area contributed by atoms with Gasteiger partial charge in [-0.05, 0) is 42.7 Å². The van der Waals surface area contributed by atoms with Crippen molar-refractivity contribution in [1.82, 2.24) is 9.55 Å². The van der Waals surface area contributed by atoms with Crippen LogP contribution >= 0.6 is 11.8 Å². The number of esters is 3. The maximum absolute atomic E-state index is 13.2. The molecule has 5 rings (SSSR count). The highest BCUT2D eigenvalue weighted by Gasteiger charge is 2.51.